The van der Waals surface area contributed by atoms with Crippen molar-refractivity contribution in [2.75, 3.05) is 0 Å². The smallest absolute Gasteiger partial charge is 0.392 e. The lowest BCUT2D eigenvalue weighted by Gasteiger charge is -2.17. The summed E-state index contributed by atoms with van der Waals surface area (Å²) in [7, 11) is 0. The highest BCUT2D eigenvalue weighted by Crippen LogP contribution is 2.45. The normalized spacial score (nSPS) is 13.3. The van der Waals surface area contributed by atoms with Crippen molar-refractivity contribution in [2.45, 2.75) is 18.7 Å². The lowest BCUT2D eigenvalue weighted by molar-refractivity contribution is -0.287. The molecule has 0 bridgehead atoms. The fraction of sp³-hybridized carbons (Fsp3) is 0.429. The average Bonchev–Trinajstić information content (AvgIpc) is 2.49. The number of rotatable bonds is 2. The van der Waals surface area contributed by atoms with Gasteiger partial charge in [-0.1, -0.05) is 0 Å². The van der Waals surface area contributed by atoms with Crippen molar-refractivity contribution in [1.82, 2.24) is 0 Å². The summed E-state index contributed by atoms with van der Waals surface area (Å²) in [4.78, 5) is -1.10. The first kappa shape index (κ1) is 11.4. The van der Waals surface area contributed by atoms with Crippen molar-refractivity contribution in [2.24, 2.45) is 0 Å². The summed E-state index contributed by atoms with van der Waals surface area (Å²) in [5, 5.41) is 9.56. The highest BCUT2D eigenvalue weighted by Gasteiger charge is 2.59. The zero-order valence-corrected chi connectivity index (χ0v) is 7.42. The first-order valence-corrected chi connectivity index (χ1v) is 4.30. The van der Waals surface area contributed by atoms with Gasteiger partial charge in [0.15, 0.2) is 0 Å². The number of hydrogen-bond acceptors (Lipinski definition) is 2. The van der Waals surface area contributed by atoms with E-state index in [2.05, 4.69) is 0 Å². The van der Waals surface area contributed by atoms with E-state index in [1.54, 1.807) is 0 Å². The van der Waals surface area contributed by atoms with Gasteiger partial charge in [0.1, 0.15) is 0 Å². The van der Waals surface area contributed by atoms with Crippen LogP contribution in [0.2, 0.25) is 0 Å². The van der Waals surface area contributed by atoms with Crippen LogP contribution in [0.4, 0.5) is 22.0 Å². The SMILES string of the molecule is OCc1csc(C(F)(F)C(F)(F)F)c1. The third kappa shape index (κ3) is 1.88. The van der Waals surface area contributed by atoms with Crippen LogP contribution in [0.15, 0.2) is 11.4 Å². The number of aliphatic hydroxyl groups excluding tert-OH is 1. The molecule has 1 N–H and O–H groups in total. The summed E-state index contributed by atoms with van der Waals surface area (Å²) in [6.45, 7) is -0.551. The van der Waals surface area contributed by atoms with Gasteiger partial charge in [0, 0.05) is 0 Å². The first-order chi connectivity index (χ1) is 6.29. The van der Waals surface area contributed by atoms with E-state index in [0.717, 1.165) is 5.38 Å². The van der Waals surface area contributed by atoms with Crippen LogP contribution in [-0.4, -0.2) is 11.3 Å². The van der Waals surface area contributed by atoms with E-state index in [0.29, 0.717) is 6.07 Å². The Morgan fingerprint density at radius 1 is 1.21 bits per heavy atom. The number of hydrogen-bond donors (Lipinski definition) is 1. The van der Waals surface area contributed by atoms with Gasteiger partial charge in [0.2, 0.25) is 0 Å². The molecular formula is C7H5F5OS. The number of halogens is 5. The van der Waals surface area contributed by atoms with Gasteiger partial charge in [-0.15, -0.1) is 11.3 Å². The largest absolute Gasteiger partial charge is 0.458 e. The van der Waals surface area contributed by atoms with Crippen molar-refractivity contribution in [3.05, 3.63) is 21.9 Å². The highest BCUT2D eigenvalue weighted by molar-refractivity contribution is 7.10. The molecule has 80 valence electrons. The molecule has 0 atom stereocenters. The van der Waals surface area contributed by atoms with Crippen LogP contribution in [0.5, 0.6) is 0 Å². The molecule has 0 aliphatic heterocycles. The van der Waals surface area contributed by atoms with E-state index >= 15 is 0 Å². The Balaban J connectivity index is 3.04. The van der Waals surface area contributed by atoms with Gasteiger partial charge in [0.25, 0.3) is 0 Å². The molecule has 0 aliphatic rings. The van der Waals surface area contributed by atoms with Crippen LogP contribution in [0.1, 0.15) is 10.4 Å². The number of alkyl halides is 5. The summed E-state index contributed by atoms with van der Waals surface area (Å²) >= 11 is 0.278. The van der Waals surface area contributed by atoms with Gasteiger partial charge in [-0.3, -0.25) is 0 Å². The summed E-state index contributed by atoms with van der Waals surface area (Å²) in [5.41, 5.74) is 0.0499. The molecule has 1 heterocycles. The second kappa shape index (κ2) is 3.47. The monoisotopic (exact) mass is 232 g/mol. The molecule has 1 rings (SSSR count). The number of aliphatic hydroxyl groups is 1. The molecule has 14 heavy (non-hydrogen) atoms. The quantitative estimate of drug-likeness (QED) is 0.777. The zero-order valence-electron chi connectivity index (χ0n) is 6.61. The predicted molar refractivity (Wildman–Crippen MR) is 40.2 cm³/mol. The van der Waals surface area contributed by atoms with Crippen molar-refractivity contribution in [3.8, 4) is 0 Å². The summed E-state index contributed by atoms with van der Waals surface area (Å²) in [6.07, 6.45) is -5.59. The molecule has 0 spiro atoms. The molecule has 0 saturated heterocycles. The average molecular weight is 232 g/mol. The Morgan fingerprint density at radius 2 is 1.79 bits per heavy atom. The molecule has 0 unspecified atom stereocenters. The summed E-state index contributed by atoms with van der Waals surface area (Å²) < 4.78 is 60.7. The van der Waals surface area contributed by atoms with Gasteiger partial charge >= 0.3 is 12.1 Å². The molecule has 0 radical (unpaired) electrons. The third-order valence-electron chi connectivity index (χ3n) is 1.50. The molecule has 1 aromatic rings. The van der Waals surface area contributed by atoms with Crippen LogP contribution in [0.25, 0.3) is 0 Å². The minimum Gasteiger partial charge on any atom is -0.392 e. The fourth-order valence-corrected chi connectivity index (χ4v) is 1.67. The topological polar surface area (TPSA) is 20.2 Å². The van der Waals surface area contributed by atoms with E-state index in [1.807, 2.05) is 0 Å². The van der Waals surface area contributed by atoms with Gasteiger partial charge in [-0.05, 0) is 17.0 Å². The Labute approximate surface area is 79.8 Å². The maximum atomic E-state index is 12.6. The van der Waals surface area contributed by atoms with Crippen LogP contribution < -0.4 is 0 Å². The van der Waals surface area contributed by atoms with E-state index in [4.69, 9.17) is 5.11 Å². The minimum absolute atomic E-state index is 0.0499. The molecule has 0 fully saturated rings. The molecule has 7 heteroatoms. The third-order valence-corrected chi connectivity index (χ3v) is 2.55. The lowest BCUT2D eigenvalue weighted by Crippen LogP contribution is -2.32. The maximum Gasteiger partial charge on any atom is 0.458 e. The van der Waals surface area contributed by atoms with E-state index in [-0.39, 0.29) is 16.9 Å². The van der Waals surface area contributed by atoms with Crippen molar-refractivity contribution < 1.29 is 27.1 Å². The molecule has 0 aromatic carbocycles. The highest BCUT2D eigenvalue weighted by atomic mass is 32.1. The summed E-state index contributed by atoms with van der Waals surface area (Å²) in [6, 6.07) is 0.651. The molecular weight excluding hydrogens is 227 g/mol. The van der Waals surface area contributed by atoms with Crippen LogP contribution in [0.3, 0.4) is 0 Å². The van der Waals surface area contributed by atoms with Crippen molar-refractivity contribution in [1.29, 1.82) is 0 Å². The Morgan fingerprint density at radius 3 is 2.14 bits per heavy atom. The summed E-state index contributed by atoms with van der Waals surface area (Å²) in [5.74, 6) is -4.84. The van der Waals surface area contributed by atoms with Crippen LogP contribution >= 0.6 is 11.3 Å². The minimum atomic E-state index is -5.59. The van der Waals surface area contributed by atoms with Crippen molar-refractivity contribution in [3.63, 3.8) is 0 Å². The standard InChI is InChI=1S/C7H5F5OS/c8-6(9,7(10,11)12)5-1-4(2-13)3-14-5/h1,3,13H,2H2. The fourth-order valence-electron chi connectivity index (χ4n) is 0.763. The molecule has 1 aromatic heterocycles. The predicted octanol–water partition coefficient (Wildman–Crippen LogP) is 2.89. The van der Waals surface area contributed by atoms with E-state index in [9.17, 15) is 22.0 Å². The molecule has 0 saturated carbocycles. The Bertz CT molecular complexity index is 316. The molecule has 0 amide bonds. The Kier molecular flexibility index (Phi) is 2.82. The van der Waals surface area contributed by atoms with Crippen LogP contribution in [0, 0.1) is 0 Å². The van der Waals surface area contributed by atoms with Crippen LogP contribution in [-0.2, 0) is 12.5 Å². The van der Waals surface area contributed by atoms with Gasteiger partial charge < -0.3 is 5.11 Å². The van der Waals surface area contributed by atoms with E-state index in [1.165, 1.54) is 0 Å². The van der Waals surface area contributed by atoms with Gasteiger partial charge in [-0.2, -0.15) is 22.0 Å². The van der Waals surface area contributed by atoms with Crippen molar-refractivity contribution >= 4 is 11.3 Å². The van der Waals surface area contributed by atoms with E-state index < -0.39 is 23.6 Å². The Hall–Kier alpha value is -0.690. The lowest BCUT2D eigenvalue weighted by atomic mass is 10.2. The van der Waals surface area contributed by atoms with Gasteiger partial charge in [0.05, 0.1) is 11.5 Å². The second-order valence-corrected chi connectivity index (χ2v) is 3.46. The molecule has 0 aliphatic carbocycles. The van der Waals surface area contributed by atoms with Gasteiger partial charge in [-0.25, -0.2) is 0 Å². The maximum absolute atomic E-state index is 12.6. The zero-order chi connectivity index (χ0) is 11.0. The molecule has 1 nitrogen and oxygen atoms in total. The number of thiophene rings is 1. The first-order valence-electron chi connectivity index (χ1n) is 3.42. The second-order valence-electron chi connectivity index (χ2n) is 2.55.